The number of anilines is 2. The van der Waals surface area contributed by atoms with E-state index in [0.717, 1.165) is 5.69 Å². The molecule has 0 bridgehead atoms. The summed E-state index contributed by atoms with van der Waals surface area (Å²) in [6, 6.07) is 8.29. The molecule has 129 valence electrons. The van der Waals surface area contributed by atoms with E-state index < -0.39 is 0 Å². The lowest BCUT2D eigenvalue weighted by Crippen LogP contribution is -2.32. The molecule has 2 aliphatic rings. The van der Waals surface area contributed by atoms with Crippen LogP contribution in [-0.2, 0) is 0 Å². The summed E-state index contributed by atoms with van der Waals surface area (Å²) in [5, 5.41) is 0. The summed E-state index contributed by atoms with van der Waals surface area (Å²) >= 11 is 0. The highest BCUT2D eigenvalue weighted by Gasteiger charge is 2.28. The van der Waals surface area contributed by atoms with Crippen LogP contribution in [0.15, 0.2) is 30.6 Å². The number of rotatable bonds is 2. The van der Waals surface area contributed by atoms with E-state index in [1.165, 1.54) is 37.6 Å². The van der Waals surface area contributed by atoms with E-state index >= 15 is 0 Å². The van der Waals surface area contributed by atoms with E-state index in [-0.39, 0.29) is 23.2 Å². The monoisotopic (exact) mass is 337 g/mol. The second kappa shape index (κ2) is 6.70. The van der Waals surface area contributed by atoms with Gasteiger partial charge in [-0.25, -0.2) is 9.97 Å². The normalized spacial score (nSPS) is 18.4. The molecule has 6 nitrogen and oxygen atoms in total. The van der Waals surface area contributed by atoms with Gasteiger partial charge in [0.05, 0.1) is 6.54 Å². The van der Waals surface area contributed by atoms with Gasteiger partial charge in [0.15, 0.2) is 0 Å². The number of fused-ring (bicyclic) bond motifs is 1. The summed E-state index contributed by atoms with van der Waals surface area (Å²) in [6.45, 7) is 0.821. The zero-order valence-electron chi connectivity index (χ0n) is 14.0. The molecule has 4 rings (SSSR count). The average Bonchev–Trinajstić information content (AvgIpc) is 2.82. The van der Waals surface area contributed by atoms with Crippen LogP contribution in [0.25, 0.3) is 0 Å². The molecule has 1 aliphatic heterocycles. The molecule has 6 heteroatoms. The highest BCUT2D eigenvalue weighted by atomic mass is 16.5. The van der Waals surface area contributed by atoms with E-state index in [4.69, 9.17) is 10.5 Å². The van der Waals surface area contributed by atoms with Crippen molar-refractivity contribution in [1.29, 1.82) is 0 Å². The van der Waals surface area contributed by atoms with E-state index in [1.807, 2.05) is 12.1 Å². The Morgan fingerprint density at radius 2 is 1.88 bits per heavy atom. The fourth-order valence-corrected chi connectivity index (χ4v) is 3.60. The first-order valence-electron chi connectivity index (χ1n) is 8.71. The smallest absolute Gasteiger partial charge is 0.267 e. The van der Waals surface area contributed by atoms with Gasteiger partial charge >= 0.3 is 0 Å². The van der Waals surface area contributed by atoms with Crippen LogP contribution in [0.1, 0.15) is 47.5 Å². The van der Waals surface area contributed by atoms with Crippen molar-refractivity contribution in [3.63, 3.8) is 0 Å². The number of hydrogen-bond donors (Lipinski definition) is 1. The van der Waals surface area contributed by atoms with Gasteiger partial charge in [-0.05, 0) is 55.7 Å². The molecule has 2 heterocycles. The third-order valence-corrected chi connectivity index (χ3v) is 4.97. The van der Waals surface area contributed by atoms with Gasteiger partial charge in [0.1, 0.15) is 24.3 Å². The molecular formula is C19H21N4O2. The zero-order valence-corrected chi connectivity index (χ0v) is 14.0. The Bertz CT molecular complexity index is 769. The van der Waals surface area contributed by atoms with E-state index in [0.29, 0.717) is 19.1 Å². The lowest BCUT2D eigenvalue weighted by atomic mass is 9.84. The van der Waals surface area contributed by atoms with Gasteiger partial charge in [0.25, 0.3) is 5.91 Å². The Kier molecular flexibility index (Phi) is 4.26. The molecule has 2 aromatic rings. The third kappa shape index (κ3) is 3.04. The molecule has 1 fully saturated rings. The first kappa shape index (κ1) is 15.9. The van der Waals surface area contributed by atoms with E-state index in [2.05, 4.69) is 28.5 Å². The topological polar surface area (TPSA) is 81.3 Å². The van der Waals surface area contributed by atoms with Gasteiger partial charge in [0, 0.05) is 5.69 Å². The molecule has 1 aliphatic carbocycles. The summed E-state index contributed by atoms with van der Waals surface area (Å²) in [5.41, 5.74) is 8.31. The molecule has 1 amide bonds. The van der Waals surface area contributed by atoms with Gasteiger partial charge in [-0.3, -0.25) is 4.79 Å². The molecule has 0 saturated heterocycles. The molecule has 1 aromatic heterocycles. The quantitative estimate of drug-likeness (QED) is 0.911. The second-order valence-corrected chi connectivity index (χ2v) is 6.48. The number of carbonyl (C=O) groups is 1. The molecule has 1 saturated carbocycles. The Labute approximate surface area is 147 Å². The Balaban J connectivity index is 1.61. The molecule has 1 radical (unpaired) electrons. The molecule has 1 aromatic carbocycles. The summed E-state index contributed by atoms with van der Waals surface area (Å²) in [4.78, 5) is 22.6. The zero-order chi connectivity index (χ0) is 17.2. The number of hydrogen-bond acceptors (Lipinski definition) is 5. The fraction of sp³-hybridized carbons (Fsp3) is 0.368. The van der Waals surface area contributed by atoms with Crippen molar-refractivity contribution in [1.82, 2.24) is 9.97 Å². The van der Waals surface area contributed by atoms with Crippen molar-refractivity contribution in [2.75, 3.05) is 23.8 Å². The first-order chi connectivity index (χ1) is 12.2. The highest BCUT2D eigenvalue weighted by molar-refractivity contribution is 6.10. The molecule has 25 heavy (non-hydrogen) atoms. The van der Waals surface area contributed by atoms with Gasteiger partial charge < -0.3 is 15.4 Å². The lowest BCUT2D eigenvalue weighted by molar-refractivity contribution is 0.0990. The predicted octanol–water partition coefficient (Wildman–Crippen LogP) is 2.96. The number of benzene rings is 1. The first-order valence-corrected chi connectivity index (χ1v) is 8.71. The minimum atomic E-state index is -0.217. The summed E-state index contributed by atoms with van der Waals surface area (Å²) in [6.07, 6.45) is 8.46. The number of carbonyl (C=O) groups excluding carboxylic acids is 1. The van der Waals surface area contributed by atoms with Gasteiger partial charge in [0.2, 0.25) is 5.88 Å². The second-order valence-electron chi connectivity index (χ2n) is 6.48. The van der Waals surface area contributed by atoms with E-state index in [9.17, 15) is 4.79 Å². The Morgan fingerprint density at radius 3 is 2.64 bits per heavy atom. The van der Waals surface area contributed by atoms with Crippen LogP contribution in [0.4, 0.5) is 11.5 Å². The molecular weight excluding hydrogens is 316 g/mol. The summed E-state index contributed by atoms with van der Waals surface area (Å²) < 4.78 is 5.57. The van der Waals surface area contributed by atoms with E-state index in [1.54, 1.807) is 4.90 Å². The summed E-state index contributed by atoms with van der Waals surface area (Å²) in [5.74, 6) is 0.810. The average molecular weight is 337 g/mol. The van der Waals surface area contributed by atoms with Crippen LogP contribution in [0.2, 0.25) is 0 Å². The number of aromatic nitrogens is 2. The lowest BCUT2D eigenvalue weighted by Gasteiger charge is -2.24. The van der Waals surface area contributed by atoms with Gasteiger partial charge in [-0.1, -0.05) is 12.1 Å². The third-order valence-electron chi connectivity index (χ3n) is 4.97. The van der Waals surface area contributed by atoms with Gasteiger partial charge in [-0.2, -0.15) is 0 Å². The van der Waals surface area contributed by atoms with Crippen LogP contribution in [0, 0.1) is 6.42 Å². The molecule has 0 unspecified atom stereocenters. The van der Waals surface area contributed by atoms with Crippen LogP contribution < -0.4 is 15.4 Å². The Hall–Kier alpha value is -2.63. The highest BCUT2D eigenvalue weighted by Crippen LogP contribution is 2.34. The largest absolute Gasteiger partial charge is 0.475 e. The van der Waals surface area contributed by atoms with Crippen LogP contribution in [-0.4, -0.2) is 29.0 Å². The number of amides is 1. The molecule has 0 spiro atoms. The number of ether oxygens (including phenoxy) is 1. The van der Waals surface area contributed by atoms with Crippen LogP contribution in [0.3, 0.4) is 0 Å². The van der Waals surface area contributed by atoms with Crippen molar-refractivity contribution in [3.8, 4) is 5.88 Å². The predicted molar refractivity (Wildman–Crippen MR) is 95.6 cm³/mol. The van der Waals surface area contributed by atoms with Crippen molar-refractivity contribution < 1.29 is 9.53 Å². The number of nitrogens with two attached hydrogens (primary N) is 1. The Morgan fingerprint density at radius 1 is 1.12 bits per heavy atom. The van der Waals surface area contributed by atoms with Crippen molar-refractivity contribution in [3.05, 3.63) is 48.1 Å². The maximum absolute atomic E-state index is 12.9. The van der Waals surface area contributed by atoms with Gasteiger partial charge in [-0.15, -0.1) is 0 Å². The minimum Gasteiger partial charge on any atom is -0.475 e. The fourth-order valence-electron chi connectivity index (χ4n) is 3.60. The maximum Gasteiger partial charge on any atom is 0.267 e. The number of nitrogen functional groups attached to an aromatic ring is 1. The molecule has 0 atom stereocenters. The number of nitrogens with zero attached hydrogens (tertiary/aromatic N) is 3. The van der Waals surface area contributed by atoms with Crippen molar-refractivity contribution in [2.24, 2.45) is 0 Å². The van der Waals surface area contributed by atoms with Crippen LogP contribution >= 0.6 is 0 Å². The van der Waals surface area contributed by atoms with Crippen molar-refractivity contribution in [2.45, 2.75) is 31.6 Å². The summed E-state index contributed by atoms with van der Waals surface area (Å²) in [7, 11) is 0. The standard InChI is InChI=1S/C19H21N4O2/c20-17-16-18(22-12-21-17)25-11-10-23(19(16)24)15-8-6-14(7-9-15)13-4-2-1-3-5-13/h1,6-9,12-13H,2-5,10-11H2,(H2,20,21,22). The van der Waals surface area contributed by atoms with Crippen LogP contribution in [0.5, 0.6) is 5.88 Å². The maximum atomic E-state index is 12.9. The SMILES string of the molecule is Nc1ncnc2c1C(=O)N(c1ccc(C3CC[CH]CC3)cc1)CCO2. The van der Waals surface area contributed by atoms with Crippen molar-refractivity contribution >= 4 is 17.4 Å². The molecule has 2 N–H and O–H groups in total. The minimum absolute atomic E-state index is 0.150.